The van der Waals surface area contributed by atoms with Gasteiger partial charge in [-0.05, 0) is 105 Å². The highest BCUT2D eigenvalue weighted by molar-refractivity contribution is 5.95. The van der Waals surface area contributed by atoms with Gasteiger partial charge in [-0.3, -0.25) is 4.98 Å². The van der Waals surface area contributed by atoms with Crippen molar-refractivity contribution < 1.29 is 0 Å². The van der Waals surface area contributed by atoms with E-state index in [0.717, 1.165) is 33.9 Å². The van der Waals surface area contributed by atoms with Crippen molar-refractivity contribution in [3.05, 3.63) is 200 Å². The van der Waals surface area contributed by atoms with Crippen LogP contribution in [-0.4, -0.2) is 4.98 Å². The van der Waals surface area contributed by atoms with Gasteiger partial charge in [0.2, 0.25) is 0 Å². The Kier molecular flexibility index (Phi) is 8.34. The van der Waals surface area contributed by atoms with Crippen molar-refractivity contribution >= 4 is 33.9 Å². The third-order valence-electron chi connectivity index (χ3n) is 9.52. The van der Waals surface area contributed by atoms with Gasteiger partial charge in [0, 0.05) is 28.8 Å². The van der Waals surface area contributed by atoms with Crippen molar-refractivity contribution in [2.45, 2.75) is 6.92 Å². The molecule has 7 aromatic carbocycles. The van der Waals surface area contributed by atoms with E-state index >= 15 is 0 Å². The SMILES string of the molecule is C=Cc1ccccc1-c1ccc2ccc(-c3cc(N(c4ccccc4)c4ccc(-c5ccccc5-c5ccccc5)cc4)ccn3)cc2c1C. The zero-order valence-corrected chi connectivity index (χ0v) is 28.0. The number of fused-ring (bicyclic) bond motifs is 1. The first-order valence-corrected chi connectivity index (χ1v) is 17.0. The molecule has 2 heteroatoms. The Bertz CT molecular complexity index is 2450. The van der Waals surface area contributed by atoms with Gasteiger partial charge >= 0.3 is 0 Å². The van der Waals surface area contributed by atoms with E-state index in [1.807, 2.05) is 12.3 Å². The molecule has 0 bridgehead atoms. The van der Waals surface area contributed by atoms with E-state index in [1.54, 1.807) is 0 Å². The molecule has 0 aliphatic carbocycles. The van der Waals surface area contributed by atoms with Crippen molar-refractivity contribution in [3.63, 3.8) is 0 Å². The maximum absolute atomic E-state index is 4.88. The van der Waals surface area contributed by atoms with Crippen molar-refractivity contribution in [2.75, 3.05) is 4.90 Å². The number of anilines is 3. The van der Waals surface area contributed by atoms with E-state index in [0.29, 0.717) is 0 Å². The molecule has 50 heavy (non-hydrogen) atoms. The predicted molar refractivity (Wildman–Crippen MR) is 213 cm³/mol. The average molecular weight is 641 g/mol. The highest BCUT2D eigenvalue weighted by Gasteiger charge is 2.16. The molecule has 1 aromatic heterocycles. The van der Waals surface area contributed by atoms with Crippen LogP contribution < -0.4 is 4.90 Å². The van der Waals surface area contributed by atoms with Crippen LogP contribution in [0.3, 0.4) is 0 Å². The van der Waals surface area contributed by atoms with E-state index in [2.05, 4.69) is 194 Å². The number of nitrogens with zero attached hydrogens (tertiary/aromatic N) is 2. The largest absolute Gasteiger partial charge is 0.310 e. The summed E-state index contributed by atoms with van der Waals surface area (Å²) >= 11 is 0. The van der Waals surface area contributed by atoms with Gasteiger partial charge in [0.05, 0.1) is 5.69 Å². The predicted octanol–water partition coefficient (Wildman–Crippen LogP) is 13.3. The van der Waals surface area contributed by atoms with Crippen LogP contribution in [0.2, 0.25) is 0 Å². The number of hydrogen-bond donors (Lipinski definition) is 0. The maximum atomic E-state index is 4.88. The lowest BCUT2D eigenvalue weighted by Gasteiger charge is -2.26. The van der Waals surface area contributed by atoms with Crippen LogP contribution in [0.1, 0.15) is 11.1 Å². The van der Waals surface area contributed by atoms with Gasteiger partial charge in [-0.2, -0.15) is 0 Å². The molecule has 0 amide bonds. The molecule has 8 aromatic rings. The molecule has 1 heterocycles. The van der Waals surface area contributed by atoms with E-state index in [9.17, 15) is 0 Å². The molecule has 0 spiro atoms. The third kappa shape index (κ3) is 5.89. The summed E-state index contributed by atoms with van der Waals surface area (Å²) < 4.78 is 0. The van der Waals surface area contributed by atoms with Gasteiger partial charge < -0.3 is 4.90 Å². The summed E-state index contributed by atoms with van der Waals surface area (Å²) in [6.45, 7) is 6.26. The summed E-state index contributed by atoms with van der Waals surface area (Å²) in [6, 6.07) is 62.4. The number of rotatable bonds is 8. The Morgan fingerprint density at radius 2 is 1.06 bits per heavy atom. The molecule has 0 aliphatic heterocycles. The number of benzene rings is 7. The van der Waals surface area contributed by atoms with Crippen molar-refractivity contribution in [1.29, 1.82) is 0 Å². The Hall–Kier alpha value is -6.51. The van der Waals surface area contributed by atoms with Crippen LogP contribution in [0, 0.1) is 6.92 Å². The smallest absolute Gasteiger partial charge is 0.0723 e. The quantitative estimate of drug-likeness (QED) is 0.164. The molecule has 0 saturated carbocycles. The first kappa shape index (κ1) is 30.8. The van der Waals surface area contributed by atoms with E-state index in [1.165, 1.54) is 49.7 Å². The molecule has 8 rings (SSSR count). The third-order valence-corrected chi connectivity index (χ3v) is 9.52. The minimum Gasteiger partial charge on any atom is -0.310 e. The summed E-state index contributed by atoms with van der Waals surface area (Å²) in [6.07, 6.45) is 3.85. The Labute approximate surface area is 294 Å². The van der Waals surface area contributed by atoms with Gasteiger partial charge in [-0.1, -0.05) is 146 Å². The summed E-state index contributed by atoms with van der Waals surface area (Å²) in [5, 5.41) is 2.43. The second-order valence-corrected chi connectivity index (χ2v) is 12.5. The number of aryl methyl sites for hydroxylation is 1. The molecule has 0 atom stereocenters. The lowest BCUT2D eigenvalue weighted by molar-refractivity contribution is 1.24. The zero-order chi connectivity index (χ0) is 33.9. The first-order valence-electron chi connectivity index (χ1n) is 17.0. The summed E-state index contributed by atoms with van der Waals surface area (Å²) in [4.78, 5) is 7.18. The number of hydrogen-bond acceptors (Lipinski definition) is 2. The van der Waals surface area contributed by atoms with Crippen LogP contribution >= 0.6 is 0 Å². The lowest BCUT2D eigenvalue weighted by Crippen LogP contribution is -2.10. The number of pyridine rings is 1. The normalized spacial score (nSPS) is 11.0. The summed E-state index contributed by atoms with van der Waals surface area (Å²) in [7, 11) is 0. The fourth-order valence-electron chi connectivity index (χ4n) is 6.98. The molecule has 0 saturated heterocycles. The van der Waals surface area contributed by atoms with Crippen molar-refractivity contribution in [3.8, 4) is 44.6 Å². The Morgan fingerprint density at radius 1 is 0.480 bits per heavy atom. The Balaban J connectivity index is 1.18. The maximum Gasteiger partial charge on any atom is 0.0723 e. The highest BCUT2D eigenvalue weighted by Crippen LogP contribution is 2.39. The molecule has 2 nitrogen and oxygen atoms in total. The molecular weight excluding hydrogens is 605 g/mol. The van der Waals surface area contributed by atoms with E-state index in [4.69, 9.17) is 4.98 Å². The molecule has 0 radical (unpaired) electrons. The zero-order valence-electron chi connectivity index (χ0n) is 28.0. The monoisotopic (exact) mass is 640 g/mol. The lowest BCUT2D eigenvalue weighted by atomic mass is 9.91. The van der Waals surface area contributed by atoms with Crippen LogP contribution in [-0.2, 0) is 0 Å². The van der Waals surface area contributed by atoms with E-state index in [-0.39, 0.29) is 0 Å². The van der Waals surface area contributed by atoms with Gasteiger partial charge in [-0.25, -0.2) is 0 Å². The van der Waals surface area contributed by atoms with Gasteiger partial charge in [0.25, 0.3) is 0 Å². The minimum absolute atomic E-state index is 0.926. The van der Waals surface area contributed by atoms with Gasteiger partial charge in [0.1, 0.15) is 0 Å². The number of para-hydroxylation sites is 1. The number of aromatic nitrogens is 1. The van der Waals surface area contributed by atoms with Crippen molar-refractivity contribution in [1.82, 2.24) is 4.98 Å². The van der Waals surface area contributed by atoms with Gasteiger partial charge in [0.15, 0.2) is 0 Å². The minimum atomic E-state index is 0.926. The average Bonchev–Trinajstić information content (AvgIpc) is 3.19. The van der Waals surface area contributed by atoms with Crippen LogP contribution in [0.25, 0.3) is 61.5 Å². The van der Waals surface area contributed by atoms with Crippen molar-refractivity contribution in [2.24, 2.45) is 0 Å². The van der Waals surface area contributed by atoms with Crippen LogP contribution in [0.4, 0.5) is 17.1 Å². The van der Waals surface area contributed by atoms with Crippen LogP contribution in [0.15, 0.2) is 189 Å². The summed E-state index contributed by atoms with van der Waals surface area (Å²) in [5.41, 5.74) is 14.8. The second-order valence-electron chi connectivity index (χ2n) is 12.5. The molecule has 0 N–H and O–H groups in total. The van der Waals surface area contributed by atoms with E-state index < -0.39 is 0 Å². The van der Waals surface area contributed by atoms with Gasteiger partial charge in [-0.15, -0.1) is 0 Å². The molecule has 238 valence electrons. The fraction of sp³-hybridized carbons (Fsp3) is 0.0208. The summed E-state index contributed by atoms with van der Waals surface area (Å²) in [5.74, 6) is 0. The molecule has 0 aliphatic rings. The highest BCUT2D eigenvalue weighted by atomic mass is 15.1. The first-order chi connectivity index (χ1) is 24.7. The Morgan fingerprint density at radius 3 is 1.78 bits per heavy atom. The molecular formula is C48H36N2. The fourth-order valence-corrected chi connectivity index (χ4v) is 6.98. The standard InChI is InChI=1S/C48H36N2/c1-3-35-14-10-11-19-44(35)43-29-26-38-22-23-39(32-47(38)34(43)2)48-33-42(30-31-49-48)50(40-17-8-5-9-18-40)41-27-24-37(25-28-41)46-21-13-12-20-45(46)36-15-6-4-7-16-36/h3-33H,1H2,2H3. The van der Waals surface area contributed by atoms with Crippen LogP contribution in [0.5, 0.6) is 0 Å². The molecule has 0 unspecified atom stereocenters. The topological polar surface area (TPSA) is 16.1 Å². The molecule has 0 fully saturated rings. The second kappa shape index (κ2) is 13.5.